The van der Waals surface area contributed by atoms with Crippen molar-refractivity contribution in [3.63, 3.8) is 0 Å². The van der Waals surface area contributed by atoms with E-state index in [2.05, 4.69) is 22.1 Å². The third-order valence-electron chi connectivity index (χ3n) is 6.88. The van der Waals surface area contributed by atoms with Crippen molar-refractivity contribution in [2.45, 2.75) is 40.5 Å². The Kier molecular flexibility index (Phi) is 6.41. The van der Waals surface area contributed by atoms with Gasteiger partial charge in [0, 0.05) is 45.3 Å². The van der Waals surface area contributed by atoms with Gasteiger partial charge in [-0.15, -0.1) is 0 Å². The number of benzene rings is 2. The van der Waals surface area contributed by atoms with Crippen LogP contribution in [0.1, 0.15) is 49.9 Å². The lowest BCUT2D eigenvalue weighted by atomic mass is 9.86. The summed E-state index contributed by atoms with van der Waals surface area (Å²) in [6.45, 7) is 8.17. The summed E-state index contributed by atoms with van der Waals surface area (Å²) in [5, 5.41) is 23.3. The molecule has 0 aliphatic heterocycles. The van der Waals surface area contributed by atoms with Crippen LogP contribution in [0.25, 0.3) is 33.0 Å². The highest BCUT2D eigenvalue weighted by Gasteiger charge is 2.38. The molecule has 0 fully saturated rings. The summed E-state index contributed by atoms with van der Waals surface area (Å²) >= 11 is 0. The zero-order valence-electron chi connectivity index (χ0n) is 21.9. The average Bonchev–Trinajstić information content (AvgIpc) is 3.49. The number of aliphatic hydroxyl groups excluding tert-OH is 2. The van der Waals surface area contributed by atoms with E-state index in [1.165, 1.54) is 11.1 Å². The van der Waals surface area contributed by atoms with Gasteiger partial charge in [-0.2, -0.15) is 0 Å². The lowest BCUT2D eigenvalue weighted by Crippen LogP contribution is -2.22. The molecule has 4 N–H and O–H groups in total. The first-order valence-electron chi connectivity index (χ1n) is 12.6. The van der Waals surface area contributed by atoms with E-state index >= 15 is 0 Å². The Morgan fingerprint density at radius 2 is 1.08 bits per heavy atom. The van der Waals surface area contributed by atoms with Gasteiger partial charge in [0.2, 0.25) is 11.6 Å². The highest BCUT2D eigenvalue weighted by Crippen LogP contribution is 2.38. The Labute approximate surface area is 220 Å². The van der Waals surface area contributed by atoms with Crippen molar-refractivity contribution in [1.82, 2.24) is 9.97 Å². The van der Waals surface area contributed by atoms with E-state index in [1.807, 2.05) is 64.1 Å². The van der Waals surface area contributed by atoms with Gasteiger partial charge >= 0.3 is 0 Å². The molecule has 0 atom stereocenters. The van der Waals surface area contributed by atoms with Gasteiger partial charge in [0.05, 0.1) is 11.1 Å². The number of allylic oxidation sites excluding steroid dienone is 6. The fourth-order valence-electron chi connectivity index (χ4n) is 4.84. The van der Waals surface area contributed by atoms with Crippen molar-refractivity contribution in [3.05, 3.63) is 106 Å². The van der Waals surface area contributed by atoms with Gasteiger partial charge in [0.25, 0.3) is 0 Å². The van der Waals surface area contributed by atoms with Crippen molar-refractivity contribution in [1.29, 1.82) is 0 Å². The molecule has 0 saturated heterocycles. The van der Waals surface area contributed by atoms with E-state index in [0.717, 1.165) is 35.0 Å². The Hall–Kier alpha value is -4.58. The second-order valence-corrected chi connectivity index (χ2v) is 10.2. The number of aromatic nitrogens is 2. The Morgan fingerprint density at radius 3 is 1.45 bits per heavy atom. The number of ketones is 2. The van der Waals surface area contributed by atoms with Crippen molar-refractivity contribution >= 4 is 44.5 Å². The molecule has 1 aliphatic carbocycles. The SMILES string of the molecule is CC(C)=CCc1ccc2c(C3=C(O)C(=O)C(c4c[nH]c5cc(CC=C(C)C)ccc45)=C(O)C3=O)c[nH]c2c1. The van der Waals surface area contributed by atoms with Crippen LogP contribution in [0.15, 0.2) is 83.6 Å². The fraction of sp³-hybridized carbons (Fsp3) is 0.188. The molecule has 0 saturated carbocycles. The first kappa shape index (κ1) is 25.1. The summed E-state index contributed by atoms with van der Waals surface area (Å²) in [5.41, 5.74) is 6.49. The molecule has 1 aliphatic rings. The standard InChI is InChI=1S/C32H30N2O4/c1-17(2)5-7-19-9-11-21-23(15-33-25(21)13-19)27-29(35)31(37)28(32(38)30(27)36)24-16-34-26-14-20(8-6-18(3)4)10-12-22(24)26/h5-6,9-16,33-35,38H,7-8H2,1-4H3. The minimum absolute atomic E-state index is 0.205. The third kappa shape index (κ3) is 4.39. The van der Waals surface area contributed by atoms with Gasteiger partial charge in [-0.3, -0.25) is 9.59 Å². The molecule has 2 aromatic carbocycles. The van der Waals surface area contributed by atoms with Gasteiger partial charge < -0.3 is 20.2 Å². The maximum atomic E-state index is 13.4. The smallest absolute Gasteiger partial charge is 0.232 e. The summed E-state index contributed by atoms with van der Waals surface area (Å²) in [4.78, 5) is 33.1. The van der Waals surface area contributed by atoms with Crippen molar-refractivity contribution in [2.75, 3.05) is 0 Å². The number of hydrogen-bond donors (Lipinski definition) is 4. The van der Waals surface area contributed by atoms with Gasteiger partial charge in [0.1, 0.15) is 0 Å². The molecule has 0 unspecified atom stereocenters. The number of nitrogens with one attached hydrogen (secondary N) is 2. The van der Waals surface area contributed by atoms with Gasteiger partial charge in [0.15, 0.2) is 11.5 Å². The summed E-state index contributed by atoms with van der Waals surface area (Å²) in [6, 6.07) is 11.6. The van der Waals surface area contributed by atoms with Crippen LogP contribution in [0.4, 0.5) is 0 Å². The summed E-state index contributed by atoms with van der Waals surface area (Å²) in [6.07, 6.45) is 8.97. The lowest BCUT2D eigenvalue weighted by molar-refractivity contribution is -0.116. The number of H-pyrrole nitrogens is 2. The second-order valence-electron chi connectivity index (χ2n) is 10.2. The van der Waals surface area contributed by atoms with Crippen LogP contribution >= 0.6 is 0 Å². The van der Waals surface area contributed by atoms with Crippen LogP contribution < -0.4 is 0 Å². The molecular weight excluding hydrogens is 476 g/mol. The zero-order valence-corrected chi connectivity index (χ0v) is 21.9. The molecule has 0 radical (unpaired) electrons. The number of aromatic amines is 2. The molecule has 6 nitrogen and oxygen atoms in total. The molecule has 0 bridgehead atoms. The minimum atomic E-state index is -0.791. The van der Waals surface area contributed by atoms with E-state index in [1.54, 1.807) is 12.4 Å². The molecule has 192 valence electrons. The Morgan fingerprint density at radius 1 is 0.684 bits per heavy atom. The topological polar surface area (TPSA) is 106 Å². The first-order chi connectivity index (χ1) is 18.2. The molecule has 4 aromatic rings. The van der Waals surface area contributed by atoms with Crippen molar-refractivity contribution in [3.8, 4) is 0 Å². The van der Waals surface area contributed by atoms with E-state index in [4.69, 9.17) is 0 Å². The van der Waals surface area contributed by atoms with Crippen molar-refractivity contribution in [2.24, 2.45) is 0 Å². The number of Topliss-reactive ketones (excluding diaryl/α,β-unsaturated/α-hetero) is 2. The number of carbonyl (C=O) groups is 2. The van der Waals surface area contributed by atoms with E-state index in [-0.39, 0.29) is 11.1 Å². The summed E-state index contributed by atoms with van der Waals surface area (Å²) < 4.78 is 0. The van der Waals surface area contributed by atoms with Gasteiger partial charge in [-0.05, 0) is 63.8 Å². The number of hydrogen-bond acceptors (Lipinski definition) is 4. The van der Waals surface area contributed by atoms with E-state index in [0.29, 0.717) is 21.9 Å². The van der Waals surface area contributed by atoms with Crippen LogP contribution in [-0.4, -0.2) is 31.7 Å². The summed E-state index contributed by atoms with van der Waals surface area (Å²) in [5.74, 6) is -2.93. The lowest BCUT2D eigenvalue weighted by Gasteiger charge is -2.17. The molecule has 0 amide bonds. The minimum Gasteiger partial charge on any atom is -0.504 e. The first-order valence-corrected chi connectivity index (χ1v) is 12.6. The predicted octanol–water partition coefficient (Wildman–Crippen LogP) is 7.06. The normalized spacial score (nSPS) is 14.1. The Balaban J connectivity index is 1.53. The van der Waals surface area contributed by atoms with Crippen LogP contribution in [0.3, 0.4) is 0 Å². The number of fused-ring (bicyclic) bond motifs is 2. The van der Waals surface area contributed by atoms with Crippen LogP contribution in [0.2, 0.25) is 0 Å². The predicted molar refractivity (Wildman–Crippen MR) is 152 cm³/mol. The third-order valence-corrected chi connectivity index (χ3v) is 6.88. The number of carbonyl (C=O) groups excluding carboxylic acids is 2. The highest BCUT2D eigenvalue weighted by molar-refractivity contribution is 6.48. The maximum absolute atomic E-state index is 13.4. The number of rotatable bonds is 6. The molecule has 5 rings (SSSR count). The number of aliphatic hydroxyl groups is 2. The largest absolute Gasteiger partial charge is 0.504 e. The molecular formula is C32H30N2O4. The zero-order chi connectivity index (χ0) is 27.1. The summed E-state index contributed by atoms with van der Waals surface area (Å²) in [7, 11) is 0. The van der Waals surface area contributed by atoms with Crippen LogP contribution in [-0.2, 0) is 22.4 Å². The highest BCUT2D eigenvalue weighted by atomic mass is 16.3. The molecule has 0 spiro atoms. The molecule has 2 aromatic heterocycles. The second kappa shape index (κ2) is 9.71. The molecule has 38 heavy (non-hydrogen) atoms. The van der Waals surface area contributed by atoms with Crippen molar-refractivity contribution < 1.29 is 19.8 Å². The van der Waals surface area contributed by atoms with E-state index < -0.39 is 23.1 Å². The Bertz CT molecular complexity index is 1620. The van der Waals surface area contributed by atoms with E-state index in [9.17, 15) is 19.8 Å². The van der Waals surface area contributed by atoms with Crippen LogP contribution in [0, 0.1) is 0 Å². The maximum Gasteiger partial charge on any atom is 0.232 e. The fourth-order valence-corrected chi connectivity index (χ4v) is 4.84. The monoisotopic (exact) mass is 506 g/mol. The van der Waals surface area contributed by atoms with Gasteiger partial charge in [-0.1, -0.05) is 47.6 Å². The molecule has 2 heterocycles. The quantitative estimate of drug-likeness (QED) is 0.166. The molecule has 6 heteroatoms. The average molecular weight is 507 g/mol. The van der Waals surface area contributed by atoms with Gasteiger partial charge in [-0.25, -0.2) is 0 Å². The van der Waals surface area contributed by atoms with Crippen LogP contribution in [0.5, 0.6) is 0 Å².